The van der Waals surface area contributed by atoms with Gasteiger partial charge >= 0.3 is 0 Å². The lowest BCUT2D eigenvalue weighted by Gasteiger charge is -2.45. The zero-order valence-corrected chi connectivity index (χ0v) is 19.9. The summed E-state index contributed by atoms with van der Waals surface area (Å²) in [5.41, 5.74) is 1.78. The molecule has 0 aromatic rings. The first-order valence-corrected chi connectivity index (χ1v) is 12.8. The molecule has 0 bridgehead atoms. The minimum atomic E-state index is -0.152. The van der Waals surface area contributed by atoms with E-state index < -0.39 is 0 Å². The number of allylic oxidation sites excluding steroid dienone is 2. The van der Waals surface area contributed by atoms with Crippen LogP contribution in [0, 0.1) is 0 Å². The number of nitrogens with zero attached hydrogens (tertiary/aromatic N) is 2. The van der Waals surface area contributed by atoms with Crippen molar-refractivity contribution in [3.63, 3.8) is 0 Å². The summed E-state index contributed by atoms with van der Waals surface area (Å²) in [5, 5.41) is 13.8. The number of hydrogen-bond donors (Lipinski definition) is 4. The number of nitrogens with one attached hydrogen (secondary N) is 4. The summed E-state index contributed by atoms with van der Waals surface area (Å²) in [5.74, 6) is 0.742. The van der Waals surface area contributed by atoms with Gasteiger partial charge in [0, 0.05) is 44.5 Å². The molecule has 184 valence electrons. The van der Waals surface area contributed by atoms with Gasteiger partial charge in [0.05, 0.1) is 31.4 Å². The fourth-order valence-electron chi connectivity index (χ4n) is 5.59. The highest BCUT2D eigenvalue weighted by molar-refractivity contribution is 5.74. The standard InChI is InChI=1S/C24H40N6O3/c1-2-21-24(33-20-7-8-25-13-20)28-23(22(14-31)27-21)26-17-3-5-18(6-4-17)29-9-11-30(12-10-29)19-15-32-16-19/h3,14,18-21,24-28H,2,4-13,15-16H2,1H3/t18?,20-,21?,24?/m1/s1. The smallest absolute Gasteiger partial charge is 0.169 e. The maximum absolute atomic E-state index is 11.8. The highest BCUT2D eigenvalue weighted by Crippen LogP contribution is 2.25. The lowest BCUT2D eigenvalue weighted by Crippen LogP contribution is -2.58. The number of rotatable bonds is 8. The van der Waals surface area contributed by atoms with Crippen molar-refractivity contribution in [3.05, 3.63) is 23.3 Å². The van der Waals surface area contributed by atoms with E-state index in [1.807, 2.05) is 0 Å². The SMILES string of the molecule is CCC1NC(C=O)=C(NC2=CCC(N3CCN(C4COC4)CC3)CC2)NC1O[C@@H]1CCNC1. The molecule has 4 heterocycles. The van der Waals surface area contributed by atoms with E-state index in [0.29, 0.717) is 17.8 Å². The summed E-state index contributed by atoms with van der Waals surface area (Å²) in [7, 11) is 0. The minimum absolute atomic E-state index is 0.0752. The molecule has 0 saturated carbocycles. The first-order valence-electron chi connectivity index (χ1n) is 12.8. The normalized spacial score (nSPS) is 34.3. The molecule has 9 heteroatoms. The Kier molecular flexibility index (Phi) is 7.52. The minimum Gasteiger partial charge on any atom is -0.378 e. The molecule has 0 aromatic heterocycles. The highest BCUT2D eigenvalue weighted by Gasteiger charge is 2.33. The van der Waals surface area contributed by atoms with Crippen LogP contribution in [-0.4, -0.2) is 99.0 Å². The van der Waals surface area contributed by atoms with Crippen LogP contribution in [0.5, 0.6) is 0 Å². The van der Waals surface area contributed by atoms with Crippen LogP contribution in [0.15, 0.2) is 23.3 Å². The fourth-order valence-corrected chi connectivity index (χ4v) is 5.59. The molecule has 5 rings (SSSR count). The first kappa shape index (κ1) is 23.1. The van der Waals surface area contributed by atoms with Crippen molar-refractivity contribution in [1.82, 2.24) is 31.1 Å². The van der Waals surface area contributed by atoms with Crippen LogP contribution in [0.2, 0.25) is 0 Å². The number of carbonyl (C=O) groups excluding carboxylic acids is 1. The van der Waals surface area contributed by atoms with Crippen molar-refractivity contribution in [3.8, 4) is 0 Å². The van der Waals surface area contributed by atoms with Gasteiger partial charge in [0.25, 0.3) is 0 Å². The Morgan fingerprint density at radius 2 is 1.94 bits per heavy atom. The third-order valence-corrected chi connectivity index (χ3v) is 7.85. The molecule has 4 atom stereocenters. The van der Waals surface area contributed by atoms with Crippen molar-refractivity contribution in [2.45, 2.75) is 69.5 Å². The van der Waals surface area contributed by atoms with Gasteiger partial charge in [0.2, 0.25) is 0 Å². The van der Waals surface area contributed by atoms with Crippen molar-refractivity contribution in [2.24, 2.45) is 0 Å². The van der Waals surface area contributed by atoms with E-state index in [1.54, 1.807) is 0 Å². The fraction of sp³-hybridized carbons (Fsp3) is 0.792. The lowest BCUT2D eigenvalue weighted by atomic mass is 9.96. The Balaban J connectivity index is 1.15. The second-order valence-corrected chi connectivity index (χ2v) is 9.93. The largest absolute Gasteiger partial charge is 0.378 e. The Labute approximate surface area is 197 Å². The summed E-state index contributed by atoms with van der Waals surface area (Å²) >= 11 is 0. The zero-order chi connectivity index (χ0) is 22.6. The molecule has 5 aliphatic rings. The van der Waals surface area contributed by atoms with Gasteiger partial charge in [-0.05, 0) is 38.6 Å². The Morgan fingerprint density at radius 3 is 2.52 bits per heavy atom. The maximum atomic E-state index is 11.8. The second-order valence-electron chi connectivity index (χ2n) is 9.93. The van der Waals surface area contributed by atoms with E-state index in [0.717, 1.165) is 96.7 Å². The molecule has 0 amide bonds. The van der Waals surface area contributed by atoms with E-state index in [9.17, 15) is 4.79 Å². The van der Waals surface area contributed by atoms with Crippen LogP contribution in [0.1, 0.15) is 39.0 Å². The molecule has 0 radical (unpaired) electrons. The average molecular weight is 461 g/mol. The van der Waals surface area contributed by atoms with Crippen LogP contribution in [0.25, 0.3) is 0 Å². The van der Waals surface area contributed by atoms with Gasteiger partial charge in [0.1, 0.15) is 17.7 Å². The van der Waals surface area contributed by atoms with Crippen LogP contribution >= 0.6 is 0 Å². The number of carbonyl (C=O) groups is 1. The maximum Gasteiger partial charge on any atom is 0.169 e. The predicted molar refractivity (Wildman–Crippen MR) is 126 cm³/mol. The molecular weight excluding hydrogens is 420 g/mol. The summed E-state index contributed by atoms with van der Waals surface area (Å²) in [4.78, 5) is 17.0. The zero-order valence-electron chi connectivity index (χ0n) is 19.9. The summed E-state index contributed by atoms with van der Waals surface area (Å²) in [6.07, 6.45) is 8.39. The molecule has 3 saturated heterocycles. The Hall–Kier alpha value is -1.65. The second kappa shape index (κ2) is 10.7. The van der Waals surface area contributed by atoms with Gasteiger partial charge in [-0.25, -0.2) is 0 Å². The number of ether oxygens (including phenoxy) is 2. The first-order chi connectivity index (χ1) is 16.2. The number of hydrogen-bond acceptors (Lipinski definition) is 9. The third-order valence-electron chi connectivity index (χ3n) is 7.85. The highest BCUT2D eigenvalue weighted by atomic mass is 16.5. The molecule has 1 aliphatic carbocycles. The van der Waals surface area contributed by atoms with E-state index >= 15 is 0 Å². The Bertz CT molecular complexity index is 740. The van der Waals surface area contributed by atoms with Gasteiger partial charge in [0.15, 0.2) is 6.29 Å². The average Bonchev–Trinajstić information content (AvgIpc) is 3.32. The van der Waals surface area contributed by atoms with E-state index in [1.165, 1.54) is 5.70 Å². The topological polar surface area (TPSA) is 90.1 Å². The van der Waals surface area contributed by atoms with Crippen LogP contribution < -0.4 is 21.3 Å². The lowest BCUT2D eigenvalue weighted by molar-refractivity contribution is -0.106. The summed E-state index contributed by atoms with van der Waals surface area (Å²) < 4.78 is 11.7. The predicted octanol–water partition coefficient (Wildman–Crippen LogP) is 0.0728. The molecule has 0 aromatic carbocycles. The van der Waals surface area contributed by atoms with Crippen molar-refractivity contribution < 1.29 is 14.3 Å². The summed E-state index contributed by atoms with van der Waals surface area (Å²) in [6.45, 7) is 10.4. The van der Waals surface area contributed by atoms with Crippen molar-refractivity contribution in [1.29, 1.82) is 0 Å². The van der Waals surface area contributed by atoms with Crippen molar-refractivity contribution >= 4 is 6.29 Å². The molecule has 0 spiro atoms. The molecule has 33 heavy (non-hydrogen) atoms. The van der Waals surface area contributed by atoms with Gasteiger partial charge in [-0.3, -0.25) is 14.6 Å². The Morgan fingerprint density at radius 1 is 1.15 bits per heavy atom. The van der Waals surface area contributed by atoms with Gasteiger partial charge in [-0.15, -0.1) is 0 Å². The quantitative estimate of drug-likeness (QED) is 0.376. The molecular formula is C24H40N6O3. The number of aldehydes is 1. The van der Waals surface area contributed by atoms with E-state index in [2.05, 4.69) is 44.1 Å². The third kappa shape index (κ3) is 5.38. The molecule has 3 unspecified atom stereocenters. The molecule has 4 N–H and O–H groups in total. The van der Waals surface area contributed by atoms with E-state index in [4.69, 9.17) is 9.47 Å². The number of piperazine rings is 1. The molecule has 4 aliphatic heterocycles. The van der Waals surface area contributed by atoms with Gasteiger partial charge in [-0.2, -0.15) is 0 Å². The summed E-state index contributed by atoms with van der Waals surface area (Å²) in [6, 6.07) is 1.34. The van der Waals surface area contributed by atoms with Gasteiger partial charge in [-0.1, -0.05) is 13.0 Å². The molecule has 3 fully saturated rings. The van der Waals surface area contributed by atoms with E-state index in [-0.39, 0.29) is 18.4 Å². The van der Waals surface area contributed by atoms with Gasteiger partial charge < -0.3 is 30.7 Å². The molecule has 9 nitrogen and oxygen atoms in total. The van der Waals surface area contributed by atoms with Crippen molar-refractivity contribution in [2.75, 3.05) is 52.5 Å². The van der Waals surface area contributed by atoms with Crippen LogP contribution in [0.4, 0.5) is 0 Å². The van der Waals surface area contributed by atoms with Crippen LogP contribution in [-0.2, 0) is 14.3 Å². The van der Waals surface area contributed by atoms with Crippen LogP contribution in [0.3, 0.4) is 0 Å². The monoisotopic (exact) mass is 460 g/mol.